The fourth-order valence-electron chi connectivity index (χ4n) is 7.84. The summed E-state index contributed by atoms with van der Waals surface area (Å²) in [6.45, 7) is 5.32. The number of likely N-dealkylation sites (N-methyl/N-ethyl adjacent to an activating group) is 1. The summed E-state index contributed by atoms with van der Waals surface area (Å²) in [5, 5.41) is 35.8. The monoisotopic (exact) mass is 1000 g/mol. The quantitative estimate of drug-likeness (QED) is 0.0528. The van der Waals surface area contributed by atoms with E-state index in [0.29, 0.717) is 114 Å². The third kappa shape index (κ3) is 12.3. The lowest BCUT2D eigenvalue weighted by Crippen LogP contribution is -2.36. The second-order valence-corrected chi connectivity index (χ2v) is 17.3. The highest BCUT2D eigenvalue weighted by molar-refractivity contribution is 6.32. The van der Waals surface area contributed by atoms with E-state index in [1.165, 1.54) is 12.4 Å². The summed E-state index contributed by atoms with van der Waals surface area (Å²) in [6, 6.07) is 32.9. The topological polar surface area (TPSA) is 204 Å². The molecule has 18 heteroatoms. The maximum Gasteiger partial charge on any atom is 0.226 e. The van der Waals surface area contributed by atoms with Gasteiger partial charge >= 0.3 is 0 Å². The average molecular weight is 1000 g/mol. The first-order valence-corrected chi connectivity index (χ1v) is 23.7. The van der Waals surface area contributed by atoms with E-state index >= 15 is 0 Å². The molecule has 8 aromatic rings. The Morgan fingerprint density at radius 2 is 1.14 bits per heavy atom. The highest BCUT2D eigenvalue weighted by atomic mass is 35.5. The minimum atomic E-state index is -0.460. The lowest BCUT2D eigenvalue weighted by Gasteiger charge is -2.25. The molecule has 8 rings (SSSR count). The zero-order valence-corrected chi connectivity index (χ0v) is 41.3. The predicted molar refractivity (Wildman–Crippen MR) is 281 cm³/mol. The van der Waals surface area contributed by atoms with Crippen LogP contribution in [0.2, 0.25) is 10.0 Å². The molecule has 0 radical (unpaired) electrons. The second-order valence-electron chi connectivity index (χ2n) is 16.5. The summed E-state index contributed by atoms with van der Waals surface area (Å²) in [7, 11) is 3.84. The molecule has 0 aliphatic carbocycles. The molecule has 1 atom stereocenters. The molecule has 0 bridgehead atoms. The number of halogens is 2. The molecule has 364 valence electrons. The zero-order chi connectivity index (χ0) is 50.6. The van der Waals surface area contributed by atoms with Gasteiger partial charge in [-0.3, -0.25) is 24.7 Å². The van der Waals surface area contributed by atoms with Crippen molar-refractivity contribution in [1.29, 1.82) is 10.5 Å². The molecule has 0 aliphatic rings. The highest BCUT2D eigenvalue weighted by Crippen LogP contribution is 2.40. The van der Waals surface area contributed by atoms with Crippen LogP contribution in [0.4, 0.5) is 34.1 Å². The Labute approximate surface area is 426 Å². The largest absolute Gasteiger partial charge is 0.492 e. The summed E-state index contributed by atoms with van der Waals surface area (Å²) in [4.78, 5) is 34.0. The normalized spacial score (nSPS) is 11.3. The number of hydrogen-bond donors (Lipinski definition) is 4. The number of nitriles is 2. The number of nitrogens with one attached hydrogen (secondary N) is 4. The molecular weight excluding hydrogens is 954 g/mol. The van der Waals surface area contributed by atoms with Crippen LogP contribution in [0, 0.1) is 22.7 Å². The first kappa shape index (κ1) is 50.0. The number of amides is 1. The van der Waals surface area contributed by atoms with Crippen LogP contribution in [0.1, 0.15) is 42.8 Å². The van der Waals surface area contributed by atoms with Crippen LogP contribution in [0.15, 0.2) is 122 Å². The number of carbonyl (C=O) groups is 1. The van der Waals surface area contributed by atoms with Gasteiger partial charge in [-0.25, -0.2) is 0 Å². The number of pyridine rings is 4. The smallest absolute Gasteiger partial charge is 0.226 e. The first-order chi connectivity index (χ1) is 35.0. The van der Waals surface area contributed by atoms with Crippen LogP contribution in [0.25, 0.3) is 21.8 Å². The molecule has 4 aromatic heterocycles. The highest BCUT2D eigenvalue weighted by Gasteiger charge is 2.22. The second kappa shape index (κ2) is 23.5. The number of ether oxygens (including phenoxy) is 4. The minimum absolute atomic E-state index is 0.00900. The predicted octanol–water partition coefficient (Wildman–Crippen LogP) is 11.4. The Balaban J connectivity index is 1.05. The number of carbonyl (C=O) groups excluding carboxylic acids is 1. The SMILES string of the molecule is CCOc1cc2ncc(C#N)c(Nc3ccc(OCc4ccccn4)c(Cl)c3)c2cc1NC(=O)CC(CN(C)C)Nc1cc2c(Nc3ccc(OCc4ccccn4)c(Cl)c3)c(C#N)cnc2cc1OCC. The Bertz CT molecular complexity index is 3320. The Morgan fingerprint density at radius 3 is 1.58 bits per heavy atom. The molecule has 0 aliphatic heterocycles. The fraction of sp³-hybridized carbons (Fsp3) is 0.204. The van der Waals surface area contributed by atoms with Crippen LogP contribution in [-0.2, 0) is 18.0 Å². The Kier molecular flexibility index (Phi) is 16.3. The van der Waals surface area contributed by atoms with E-state index < -0.39 is 6.04 Å². The first-order valence-electron chi connectivity index (χ1n) is 22.9. The average Bonchev–Trinajstić information content (AvgIpc) is 3.37. The van der Waals surface area contributed by atoms with Crippen LogP contribution in [-0.4, -0.2) is 70.6 Å². The van der Waals surface area contributed by atoms with Crippen molar-refractivity contribution < 1.29 is 23.7 Å². The molecule has 4 aromatic carbocycles. The Morgan fingerprint density at radius 1 is 0.639 bits per heavy atom. The molecule has 1 unspecified atom stereocenters. The van der Waals surface area contributed by atoms with Crippen molar-refractivity contribution >= 4 is 85.0 Å². The molecule has 72 heavy (non-hydrogen) atoms. The molecule has 1 amide bonds. The van der Waals surface area contributed by atoms with E-state index in [-0.39, 0.29) is 31.1 Å². The molecule has 16 nitrogen and oxygen atoms in total. The van der Waals surface area contributed by atoms with Crippen LogP contribution in [0.5, 0.6) is 23.0 Å². The summed E-state index contributed by atoms with van der Waals surface area (Å²) in [5.41, 5.74) is 6.31. The summed E-state index contributed by atoms with van der Waals surface area (Å²) < 4.78 is 24.0. The van der Waals surface area contributed by atoms with Gasteiger partial charge in [0.05, 0.1) is 79.6 Å². The van der Waals surface area contributed by atoms with Crippen molar-refractivity contribution in [2.75, 3.05) is 55.1 Å². The fourth-order valence-corrected chi connectivity index (χ4v) is 8.31. The van der Waals surface area contributed by atoms with Crippen LogP contribution in [0.3, 0.4) is 0 Å². The van der Waals surface area contributed by atoms with E-state index in [9.17, 15) is 15.3 Å². The lowest BCUT2D eigenvalue weighted by atomic mass is 10.1. The molecule has 0 spiro atoms. The van der Waals surface area contributed by atoms with Gasteiger partial charge in [0, 0.05) is 78.1 Å². The number of anilines is 6. The third-order valence-corrected chi connectivity index (χ3v) is 11.6. The van der Waals surface area contributed by atoms with E-state index in [4.69, 9.17) is 42.1 Å². The van der Waals surface area contributed by atoms with Crippen molar-refractivity contribution in [3.8, 4) is 35.1 Å². The van der Waals surface area contributed by atoms with Gasteiger partial charge in [0.1, 0.15) is 48.4 Å². The standard InChI is InChI=1S/C54H49Cl2N11O5/c1-5-69-50-24-44-40(53(33(26-57)28-61-44)64-35-13-15-48(42(55)19-35)71-31-37-11-7-9-17-59-37)22-46(50)63-39(30-67(3)4)21-52(68)66-47-23-41-45(25-51(47)70-6-2)62-29-34(27-58)54(41)65-36-14-16-49(43(56)20-36)72-32-38-12-8-10-18-60-38/h7-20,22-25,28-29,39,63H,5-6,21,30-32H2,1-4H3,(H,61,64)(H,62,65)(H,66,68). The van der Waals surface area contributed by atoms with Crippen molar-refractivity contribution in [2.24, 2.45) is 0 Å². The maximum absolute atomic E-state index is 14.3. The van der Waals surface area contributed by atoms with Gasteiger partial charge in [0.15, 0.2) is 0 Å². The summed E-state index contributed by atoms with van der Waals surface area (Å²) in [5.74, 6) is 1.54. The summed E-state index contributed by atoms with van der Waals surface area (Å²) in [6.07, 6.45) is 6.39. The van der Waals surface area contributed by atoms with Crippen molar-refractivity contribution in [3.05, 3.63) is 154 Å². The van der Waals surface area contributed by atoms with Crippen LogP contribution < -0.4 is 40.2 Å². The molecule has 4 N–H and O–H groups in total. The molecule has 0 saturated carbocycles. The maximum atomic E-state index is 14.3. The Hall–Kier alpha value is -8.41. The van der Waals surface area contributed by atoms with E-state index in [1.54, 1.807) is 60.9 Å². The van der Waals surface area contributed by atoms with Crippen LogP contribution >= 0.6 is 23.2 Å². The van der Waals surface area contributed by atoms with Gasteiger partial charge in [-0.05, 0) is 101 Å². The number of aromatic nitrogens is 4. The molecule has 4 heterocycles. The minimum Gasteiger partial charge on any atom is -0.492 e. The molecular formula is C54H49Cl2N11O5. The third-order valence-electron chi connectivity index (χ3n) is 11.0. The van der Waals surface area contributed by atoms with E-state index in [0.717, 1.165) is 11.4 Å². The molecule has 0 saturated heterocycles. The van der Waals surface area contributed by atoms with Gasteiger partial charge in [0.2, 0.25) is 5.91 Å². The number of nitrogens with zero attached hydrogens (tertiary/aromatic N) is 7. The number of rotatable bonds is 21. The van der Waals surface area contributed by atoms with Crippen molar-refractivity contribution in [1.82, 2.24) is 24.8 Å². The number of fused-ring (bicyclic) bond motifs is 2. The van der Waals surface area contributed by atoms with Gasteiger partial charge in [0.25, 0.3) is 0 Å². The lowest BCUT2D eigenvalue weighted by molar-refractivity contribution is -0.116. The number of benzene rings is 4. The van der Waals surface area contributed by atoms with Gasteiger partial charge in [-0.15, -0.1) is 0 Å². The number of hydrogen-bond acceptors (Lipinski definition) is 15. The van der Waals surface area contributed by atoms with Gasteiger partial charge in [-0.2, -0.15) is 10.5 Å². The van der Waals surface area contributed by atoms with E-state index in [1.807, 2.05) is 81.4 Å². The van der Waals surface area contributed by atoms with Gasteiger partial charge < -0.3 is 45.1 Å². The van der Waals surface area contributed by atoms with Gasteiger partial charge in [-0.1, -0.05) is 35.3 Å². The zero-order valence-electron chi connectivity index (χ0n) is 39.8. The summed E-state index contributed by atoms with van der Waals surface area (Å²) >= 11 is 13.4. The van der Waals surface area contributed by atoms with Crippen molar-refractivity contribution in [3.63, 3.8) is 0 Å². The molecule has 0 fully saturated rings. The van der Waals surface area contributed by atoms with E-state index in [2.05, 4.69) is 53.3 Å². The van der Waals surface area contributed by atoms with Crippen molar-refractivity contribution in [2.45, 2.75) is 39.5 Å².